The molecule has 1 atom stereocenters. The van der Waals surface area contributed by atoms with E-state index in [4.69, 9.17) is 10.7 Å². The molecule has 0 fully saturated rings. The molecule has 0 unspecified atom stereocenters. The lowest BCUT2D eigenvalue weighted by Gasteiger charge is -2.21. The van der Waals surface area contributed by atoms with Crippen molar-refractivity contribution in [3.8, 4) is 22.5 Å². The van der Waals surface area contributed by atoms with Crippen LogP contribution in [0.25, 0.3) is 22.5 Å². The van der Waals surface area contributed by atoms with Crippen LogP contribution in [-0.4, -0.2) is 20.3 Å². The molecule has 1 aromatic carbocycles. The number of rotatable bonds is 4. The lowest BCUT2D eigenvalue weighted by Crippen LogP contribution is -2.08. The highest BCUT2D eigenvalue weighted by Crippen LogP contribution is 2.42. The van der Waals surface area contributed by atoms with E-state index in [0.29, 0.717) is 17.7 Å². The minimum atomic E-state index is -0.247. The average Bonchev–Trinajstić information content (AvgIpc) is 3.22. The summed E-state index contributed by atoms with van der Waals surface area (Å²) >= 11 is 1.75. The van der Waals surface area contributed by atoms with E-state index < -0.39 is 0 Å². The maximum atomic E-state index is 13.4. The lowest BCUT2D eigenvalue weighted by atomic mass is 9.86. The van der Waals surface area contributed by atoms with Gasteiger partial charge in [-0.2, -0.15) is 0 Å². The van der Waals surface area contributed by atoms with Gasteiger partial charge in [-0.05, 0) is 47.7 Å². The Morgan fingerprint density at radius 3 is 2.63 bits per heavy atom. The van der Waals surface area contributed by atoms with Crippen molar-refractivity contribution in [1.82, 2.24) is 14.5 Å². The Kier molecular flexibility index (Phi) is 4.68. The molecule has 0 saturated heterocycles. The normalized spacial score (nSPS) is 14.6. The largest absolute Gasteiger partial charge is 0.384 e. The quantitative estimate of drug-likeness (QED) is 0.674. The zero-order valence-corrected chi connectivity index (χ0v) is 16.6. The summed E-state index contributed by atoms with van der Waals surface area (Å²) in [6.07, 6.45) is 1.89. The summed E-state index contributed by atoms with van der Waals surface area (Å²) in [5.41, 5.74) is 11.1. The summed E-state index contributed by atoms with van der Waals surface area (Å²) in [7, 11) is 0. The minimum Gasteiger partial charge on any atom is -0.384 e. The van der Waals surface area contributed by atoms with Crippen LogP contribution < -0.4 is 5.73 Å². The van der Waals surface area contributed by atoms with Crippen molar-refractivity contribution >= 4 is 17.6 Å². The van der Waals surface area contributed by atoms with Gasteiger partial charge in [0.15, 0.2) is 5.16 Å². The Hall–Kier alpha value is -2.34. The number of thioether (sulfide) groups is 1. The molecular weight excluding hydrogens is 359 g/mol. The number of nitrogen functional groups attached to an aromatic ring is 1. The standard InChI is InChI=1S/C21H23FN4S/c1-12(2)13(3)17-11-24-18(23)10-16(17)20-19(14-4-6-15(22)7-5-14)25-21-26(20)8-9-27-21/h4-7,10-13H,8-9H2,1-3H3,(H2,23,24)/t13-/m0/s1. The van der Waals surface area contributed by atoms with Crippen molar-refractivity contribution in [3.63, 3.8) is 0 Å². The monoisotopic (exact) mass is 382 g/mol. The number of anilines is 1. The molecule has 0 radical (unpaired) electrons. The highest BCUT2D eigenvalue weighted by atomic mass is 32.2. The van der Waals surface area contributed by atoms with Gasteiger partial charge >= 0.3 is 0 Å². The molecule has 2 N–H and O–H groups in total. The fourth-order valence-electron chi connectivity index (χ4n) is 3.47. The zero-order valence-electron chi connectivity index (χ0n) is 15.7. The first kappa shape index (κ1) is 18.0. The Morgan fingerprint density at radius 1 is 1.19 bits per heavy atom. The fraction of sp³-hybridized carbons (Fsp3) is 0.333. The lowest BCUT2D eigenvalue weighted by molar-refractivity contribution is 0.534. The molecule has 6 heteroatoms. The first-order valence-corrected chi connectivity index (χ1v) is 10.2. The molecule has 0 amide bonds. The molecular formula is C21H23FN4S. The van der Waals surface area contributed by atoms with Crippen LogP contribution in [0.2, 0.25) is 0 Å². The number of hydrogen-bond acceptors (Lipinski definition) is 4. The van der Waals surface area contributed by atoms with E-state index in [1.54, 1.807) is 23.9 Å². The number of hydrogen-bond donors (Lipinski definition) is 1. The molecule has 0 spiro atoms. The summed E-state index contributed by atoms with van der Waals surface area (Å²) < 4.78 is 15.7. The smallest absolute Gasteiger partial charge is 0.169 e. The first-order valence-electron chi connectivity index (χ1n) is 9.20. The van der Waals surface area contributed by atoms with Crippen LogP contribution in [0, 0.1) is 11.7 Å². The van der Waals surface area contributed by atoms with E-state index in [0.717, 1.165) is 40.0 Å². The van der Waals surface area contributed by atoms with E-state index in [1.807, 2.05) is 12.3 Å². The van der Waals surface area contributed by atoms with Gasteiger partial charge in [0, 0.05) is 29.6 Å². The van der Waals surface area contributed by atoms with Crippen LogP contribution >= 0.6 is 11.8 Å². The molecule has 1 aliphatic rings. The van der Waals surface area contributed by atoms with Crippen molar-refractivity contribution in [2.45, 2.75) is 38.4 Å². The maximum absolute atomic E-state index is 13.4. The van der Waals surface area contributed by atoms with E-state index in [9.17, 15) is 4.39 Å². The van der Waals surface area contributed by atoms with Crippen molar-refractivity contribution in [3.05, 3.63) is 47.9 Å². The third kappa shape index (κ3) is 3.23. The van der Waals surface area contributed by atoms with Gasteiger partial charge in [0.25, 0.3) is 0 Å². The van der Waals surface area contributed by atoms with E-state index in [2.05, 4.69) is 30.3 Å². The van der Waals surface area contributed by atoms with Gasteiger partial charge in [-0.1, -0.05) is 32.5 Å². The highest BCUT2D eigenvalue weighted by molar-refractivity contribution is 7.99. The first-order chi connectivity index (χ1) is 13.0. The Bertz CT molecular complexity index is 979. The average molecular weight is 383 g/mol. The number of nitrogens with zero attached hydrogens (tertiary/aromatic N) is 3. The van der Waals surface area contributed by atoms with Crippen molar-refractivity contribution in [2.75, 3.05) is 11.5 Å². The zero-order chi connectivity index (χ0) is 19.1. The number of imidazole rings is 1. The van der Waals surface area contributed by atoms with E-state index in [-0.39, 0.29) is 5.82 Å². The van der Waals surface area contributed by atoms with Crippen molar-refractivity contribution < 1.29 is 4.39 Å². The molecule has 4 rings (SSSR count). The van der Waals surface area contributed by atoms with Crippen molar-refractivity contribution in [1.29, 1.82) is 0 Å². The van der Waals surface area contributed by atoms with Crippen LogP contribution in [0.1, 0.15) is 32.3 Å². The molecule has 2 aromatic heterocycles. The predicted octanol–water partition coefficient (Wildman–Crippen LogP) is 5.20. The van der Waals surface area contributed by atoms with Crippen LogP contribution in [0.15, 0.2) is 41.7 Å². The van der Waals surface area contributed by atoms with Crippen LogP contribution in [0.5, 0.6) is 0 Å². The number of fused-ring (bicyclic) bond motifs is 1. The summed E-state index contributed by atoms with van der Waals surface area (Å²) in [4.78, 5) is 9.24. The Labute approximate surface area is 163 Å². The highest BCUT2D eigenvalue weighted by Gasteiger charge is 2.27. The predicted molar refractivity (Wildman–Crippen MR) is 109 cm³/mol. The fourth-order valence-corrected chi connectivity index (χ4v) is 4.42. The summed E-state index contributed by atoms with van der Waals surface area (Å²) in [6, 6.07) is 8.49. The number of pyridine rings is 1. The third-order valence-corrected chi connectivity index (χ3v) is 6.25. The van der Waals surface area contributed by atoms with Gasteiger partial charge in [0.2, 0.25) is 0 Å². The van der Waals surface area contributed by atoms with Gasteiger partial charge in [0.1, 0.15) is 11.6 Å². The molecule has 3 heterocycles. The molecule has 3 aromatic rings. The third-order valence-electron chi connectivity index (χ3n) is 5.30. The topological polar surface area (TPSA) is 56.7 Å². The van der Waals surface area contributed by atoms with E-state index >= 15 is 0 Å². The van der Waals surface area contributed by atoms with Gasteiger partial charge in [-0.15, -0.1) is 0 Å². The van der Waals surface area contributed by atoms with Crippen molar-refractivity contribution in [2.24, 2.45) is 5.92 Å². The number of aromatic nitrogens is 3. The molecule has 0 bridgehead atoms. The van der Waals surface area contributed by atoms with E-state index in [1.165, 1.54) is 17.7 Å². The Morgan fingerprint density at radius 2 is 1.93 bits per heavy atom. The number of nitrogens with two attached hydrogens (primary N) is 1. The summed E-state index contributed by atoms with van der Waals surface area (Å²) in [6.45, 7) is 7.54. The molecule has 1 aliphatic heterocycles. The summed E-state index contributed by atoms with van der Waals surface area (Å²) in [5.74, 6) is 2.06. The number of benzene rings is 1. The maximum Gasteiger partial charge on any atom is 0.169 e. The second-order valence-corrected chi connectivity index (χ2v) is 8.39. The van der Waals surface area contributed by atoms with Crippen LogP contribution in [0.3, 0.4) is 0 Å². The molecule has 0 aliphatic carbocycles. The minimum absolute atomic E-state index is 0.247. The van der Waals surface area contributed by atoms with Gasteiger partial charge in [-0.25, -0.2) is 14.4 Å². The van der Waals surface area contributed by atoms with Gasteiger partial charge < -0.3 is 10.3 Å². The molecule has 27 heavy (non-hydrogen) atoms. The SMILES string of the molecule is CC(C)[C@H](C)c1cnc(N)cc1-c1c(-c2ccc(F)cc2)nc2n1CCS2. The van der Waals surface area contributed by atoms with Gasteiger partial charge in [-0.3, -0.25) is 0 Å². The molecule has 140 valence electrons. The molecule has 4 nitrogen and oxygen atoms in total. The molecule has 0 saturated carbocycles. The summed E-state index contributed by atoms with van der Waals surface area (Å²) in [5, 5.41) is 1.00. The van der Waals surface area contributed by atoms with Gasteiger partial charge in [0.05, 0.1) is 11.4 Å². The Balaban J connectivity index is 1.97. The second-order valence-electron chi connectivity index (χ2n) is 7.33. The second kappa shape index (κ2) is 7.00. The van der Waals surface area contributed by atoms with Crippen LogP contribution in [-0.2, 0) is 6.54 Å². The number of halogens is 1. The van der Waals surface area contributed by atoms with Crippen LogP contribution in [0.4, 0.5) is 10.2 Å².